The highest BCUT2D eigenvalue weighted by molar-refractivity contribution is 6.31. The molecule has 12 heavy (non-hydrogen) atoms. The van der Waals surface area contributed by atoms with Crippen molar-refractivity contribution in [1.29, 1.82) is 0 Å². The van der Waals surface area contributed by atoms with Crippen LogP contribution in [0.25, 0.3) is 10.9 Å². The van der Waals surface area contributed by atoms with Crippen molar-refractivity contribution in [3.8, 4) is 0 Å². The van der Waals surface area contributed by atoms with E-state index in [1.54, 1.807) is 6.07 Å². The Morgan fingerprint density at radius 2 is 2.17 bits per heavy atom. The first-order valence-electron chi connectivity index (χ1n) is 3.33. The lowest BCUT2D eigenvalue weighted by molar-refractivity contribution is 0.639. The summed E-state index contributed by atoms with van der Waals surface area (Å²) in [7, 11) is 0. The summed E-state index contributed by atoms with van der Waals surface area (Å²) in [5.41, 5.74) is 0.562. The van der Waals surface area contributed by atoms with E-state index in [4.69, 9.17) is 11.6 Å². The van der Waals surface area contributed by atoms with E-state index in [1.165, 1.54) is 18.6 Å². The lowest BCUT2D eigenvalue weighted by atomic mass is 10.2. The zero-order valence-corrected chi connectivity index (χ0v) is 6.72. The van der Waals surface area contributed by atoms with E-state index in [0.717, 1.165) is 0 Å². The van der Waals surface area contributed by atoms with Crippen LogP contribution in [-0.4, -0.2) is 9.97 Å². The molecule has 1 aromatic carbocycles. The van der Waals surface area contributed by atoms with Gasteiger partial charge < -0.3 is 0 Å². The summed E-state index contributed by atoms with van der Waals surface area (Å²) in [6.07, 6.45) is 2.78. The molecule has 2 rings (SSSR count). The van der Waals surface area contributed by atoms with Gasteiger partial charge in [-0.3, -0.25) is 0 Å². The third kappa shape index (κ3) is 1.02. The first kappa shape index (κ1) is 7.43. The van der Waals surface area contributed by atoms with Gasteiger partial charge in [-0.1, -0.05) is 11.6 Å². The van der Waals surface area contributed by atoms with Crippen molar-refractivity contribution in [2.75, 3.05) is 0 Å². The molecule has 0 radical (unpaired) electrons. The first-order valence-corrected chi connectivity index (χ1v) is 3.70. The Hall–Kier alpha value is -1.22. The Labute approximate surface area is 73.0 Å². The number of hydrogen-bond acceptors (Lipinski definition) is 2. The SMILES string of the molecule is Fc1c(Cl)ccc2ncncc12. The molecule has 0 aliphatic heterocycles. The van der Waals surface area contributed by atoms with Crippen molar-refractivity contribution in [3.63, 3.8) is 0 Å². The number of benzene rings is 1. The standard InChI is InChI=1S/C8H4ClFN2/c9-6-1-2-7-5(8(6)10)3-11-4-12-7/h1-4H. The van der Waals surface area contributed by atoms with Gasteiger partial charge in [0.05, 0.1) is 15.9 Å². The molecule has 0 atom stereocenters. The zero-order chi connectivity index (χ0) is 8.55. The monoisotopic (exact) mass is 182 g/mol. The van der Waals surface area contributed by atoms with E-state index in [9.17, 15) is 4.39 Å². The maximum Gasteiger partial charge on any atom is 0.152 e. The Morgan fingerprint density at radius 3 is 3.00 bits per heavy atom. The third-order valence-corrected chi connectivity index (χ3v) is 1.87. The van der Waals surface area contributed by atoms with Crippen LogP contribution in [0.1, 0.15) is 0 Å². The second-order valence-corrected chi connectivity index (χ2v) is 2.72. The van der Waals surface area contributed by atoms with Gasteiger partial charge in [0.2, 0.25) is 0 Å². The number of rotatable bonds is 0. The quantitative estimate of drug-likeness (QED) is 0.625. The molecule has 1 aromatic heterocycles. The summed E-state index contributed by atoms with van der Waals surface area (Å²) in [5.74, 6) is -0.463. The molecule has 0 amide bonds. The van der Waals surface area contributed by atoms with E-state index in [-0.39, 0.29) is 5.02 Å². The molecule has 1 heterocycles. The van der Waals surface area contributed by atoms with Crippen LogP contribution in [0, 0.1) is 5.82 Å². The molecule has 60 valence electrons. The predicted molar refractivity (Wildman–Crippen MR) is 44.5 cm³/mol. The normalized spacial score (nSPS) is 10.5. The Bertz CT molecular complexity index is 430. The minimum absolute atomic E-state index is 0.0947. The fraction of sp³-hybridized carbons (Fsp3) is 0. The van der Waals surface area contributed by atoms with Crippen LogP contribution in [0.15, 0.2) is 24.7 Å². The van der Waals surface area contributed by atoms with Crippen molar-refractivity contribution in [2.45, 2.75) is 0 Å². The highest BCUT2D eigenvalue weighted by atomic mass is 35.5. The van der Waals surface area contributed by atoms with Gasteiger partial charge in [0.25, 0.3) is 0 Å². The van der Waals surface area contributed by atoms with Gasteiger partial charge in [0.1, 0.15) is 6.33 Å². The summed E-state index contributed by atoms with van der Waals surface area (Å²) < 4.78 is 13.2. The first-order chi connectivity index (χ1) is 5.79. The largest absolute Gasteiger partial charge is 0.244 e. The van der Waals surface area contributed by atoms with Crippen molar-refractivity contribution in [3.05, 3.63) is 35.5 Å². The second kappa shape index (κ2) is 2.68. The summed E-state index contributed by atoms with van der Waals surface area (Å²) in [5, 5.41) is 0.447. The molecule has 0 saturated heterocycles. The van der Waals surface area contributed by atoms with Crippen molar-refractivity contribution < 1.29 is 4.39 Å². The van der Waals surface area contributed by atoms with Crippen LogP contribution >= 0.6 is 11.6 Å². The maximum atomic E-state index is 13.2. The van der Waals surface area contributed by atoms with Crippen molar-refractivity contribution in [2.24, 2.45) is 0 Å². The lowest BCUT2D eigenvalue weighted by Crippen LogP contribution is -1.85. The summed E-state index contributed by atoms with van der Waals surface area (Å²) in [6.45, 7) is 0. The molecule has 0 spiro atoms. The molecule has 2 aromatic rings. The molecule has 0 bridgehead atoms. The van der Waals surface area contributed by atoms with Crippen LogP contribution in [0.5, 0.6) is 0 Å². The van der Waals surface area contributed by atoms with Crippen LogP contribution in [0.4, 0.5) is 4.39 Å². The molecule has 0 unspecified atom stereocenters. The summed E-state index contributed by atoms with van der Waals surface area (Å²) >= 11 is 5.56. The number of nitrogens with zero attached hydrogens (tertiary/aromatic N) is 2. The minimum Gasteiger partial charge on any atom is -0.244 e. The van der Waals surface area contributed by atoms with Gasteiger partial charge in [-0.25, -0.2) is 14.4 Å². The molecule has 4 heteroatoms. The molecule has 0 aliphatic carbocycles. The topological polar surface area (TPSA) is 25.8 Å². The molecule has 0 aliphatic rings. The van der Waals surface area contributed by atoms with Crippen molar-refractivity contribution >= 4 is 22.5 Å². The third-order valence-electron chi connectivity index (χ3n) is 1.58. The Morgan fingerprint density at radius 1 is 1.33 bits per heavy atom. The van der Waals surface area contributed by atoms with Crippen LogP contribution in [0.3, 0.4) is 0 Å². The molecule has 0 saturated carbocycles. The average Bonchev–Trinajstić information content (AvgIpc) is 2.12. The van der Waals surface area contributed by atoms with Gasteiger partial charge in [0.15, 0.2) is 5.82 Å². The summed E-state index contributed by atoms with van der Waals surface area (Å²) in [4.78, 5) is 7.58. The number of halogens is 2. The van der Waals surface area contributed by atoms with Gasteiger partial charge in [0, 0.05) is 6.20 Å². The lowest BCUT2D eigenvalue weighted by Gasteiger charge is -1.97. The van der Waals surface area contributed by atoms with Crippen LogP contribution < -0.4 is 0 Å². The van der Waals surface area contributed by atoms with E-state index >= 15 is 0 Å². The zero-order valence-electron chi connectivity index (χ0n) is 5.96. The maximum absolute atomic E-state index is 13.2. The summed E-state index contributed by atoms with van der Waals surface area (Å²) in [6, 6.07) is 3.13. The number of hydrogen-bond donors (Lipinski definition) is 0. The van der Waals surface area contributed by atoms with Gasteiger partial charge >= 0.3 is 0 Å². The molecule has 0 N–H and O–H groups in total. The van der Waals surface area contributed by atoms with Crippen LogP contribution in [0.2, 0.25) is 5.02 Å². The molecular formula is C8H4ClFN2. The van der Waals surface area contributed by atoms with Crippen LogP contribution in [-0.2, 0) is 0 Å². The van der Waals surface area contributed by atoms with E-state index < -0.39 is 5.82 Å². The molecule has 2 nitrogen and oxygen atoms in total. The number of aromatic nitrogens is 2. The Balaban J connectivity index is 2.91. The average molecular weight is 183 g/mol. The highest BCUT2D eigenvalue weighted by Crippen LogP contribution is 2.21. The molecule has 0 fully saturated rings. The van der Waals surface area contributed by atoms with E-state index in [2.05, 4.69) is 9.97 Å². The number of fused-ring (bicyclic) bond motifs is 1. The van der Waals surface area contributed by atoms with Gasteiger partial charge in [-0.15, -0.1) is 0 Å². The predicted octanol–water partition coefficient (Wildman–Crippen LogP) is 2.42. The molecular weight excluding hydrogens is 179 g/mol. The van der Waals surface area contributed by atoms with Gasteiger partial charge in [-0.05, 0) is 12.1 Å². The second-order valence-electron chi connectivity index (χ2n) is 2.32. The highest BCUT2D eigenvalue weighted by Gasteiger charge is 2.04. The minimum atomic E-state index is -0.463. The van der Waals surface area contributed by atoms with E-state index in [1.807, 2.05) is 0 Å². The Kier molecular flexibility index (Phi) is 1.66. The van der Waals surface area contributed by atoms with E-state index in [0.29, 0.717) is 10.9 Å². The van der Waals surface area contributed by atoms with Gasteiger partial charge in [-0.2, -0.15) is 0 Å². The fourth-order valence-corrected chi connectivity index (χ4v) is 1.16. The fourth-order valence-electron chi connectivity index (χ4n) is 0.995. The smallest absolute Gasteiger partial charge is 0.152 e. The van der Waals surface area contributed by atoms with Crippen molar-refractivity contribution in [1.82, 2.24) is 9.97 Å².